The van der Waals surface area contributed by atoms with Gasteiger partial charge in [0.2, 0.25) is 5.88 Å². The molecule has 1 aliphatic heterocycles. The minimum absolute atomic E-state index is 0.00693. The maximum absolute atomic E-state index is 12.3. The van der Waals surface area contributed by atoms with E-state index in [1.54, 1.807) is 31.3 Å². The summed E-state index contributed by atoms with van der Waals surface area (Å²) >= 11 is 1.70. The third-order valence-electron chi connectivity index (χ3n) is 5.48. The number of aryl methyl sites for hydroxylation is 1. The highest BCUT2D eigenvalue weighted by atomic mass is 32.2. The Morgan fingerprint density at radius 2 is 2.06 bits per heavy atom. The number of hydrogen-bond donors (Lipinski definition) is 1. The zero-order valence-corrected chi connectivity index (χ0v) is 22.1. The van der Waals surface area contributed by atoms with Crippen LogP contribution in [0.3, 0.4) is 0 Å². The summed E-state index contributed by atoms with van der Waals surface area (Å²) in [7, 11) is 1.59. The van der Waals surface area contributed by atoms with Gasteiger partial charge in [0.15, 0.2) is 5.65 Å². The number of carbonyl (C=O) groups is 1. The minimum atomic E-state index is -0.216. The Morgan fingerprint density at radius 3 is 2.81 bits per heavy atom. The summed E-state index contributed by atoms with van der Waals surface area (Å²) in [5.74, 6) is 0.245. The van der Waals surface area contributed by atoms with Gasteiger partial charge in [-0.2, -0.15) is 0 Å². The number of esters is 1. The first-order chi connectivity index (χ1) is 17.7. The van der Waals surface area contributed by atoms with E-state index in [1.165, 1.54) is 0 Å². The van der Waals surface area contributed by atoms with Gasteiger partial charge in [0, 0.05) is 46.6 Å². The second-order valence-electron chi connectivity index (χ2n) is 7.80. The highest BCUT2D eigenvalue weighted by Crippen LogP contribution is 2.38. The summed E-state index contributed by atoms with van der Waals surface area (Å²) < 4.78 is 10.4. The lowest BCUT2D eigenvalue weighted by molar-refractivity contribution is -0.143. The second kappa shape index (κ2) is 14.2. The van der Waals surface area contributed by atoms with Crippen molar-refractivity contribution in [3.05, 3.63) is 83.3 Å². The number of hydrogen-bond acceptors (Lipinski definition) is 8. The lowest BCUT2D eigenvalue weighted by atomic mass is 9.97. The lowest BCUT2D eigenvalue weighted by Gasteiger charge is -2.23. The Labute approximate surface area is 217 Å². The van der Waals surface area contributed by atoms with Crippen LogP contribution >= 0.6 is 11.8 Å². The topological polar surface area (TPSA) is 86.2 Å². The first-order valence-electron chi connectivity index (χ1n) is 12.3. The molecular formula is C28H34N4O3S. The van der Waals surface area contributed by atoms with Gasteiger partial charge < -0.3 is 14.8 Å². The summed E-state index contributed by atoms with van der Waals surface area (Å²) in [6.45, 7) is 6.19. The molecule has 4 heterocycles. The molecule has 2 atom stereocenters. The first kappa shape index (κ1) is 27.2. The normalized spacial score (nSPS) is 15.6. The van der Waals surface area contributed by atoms with E-state index in [2.05, 4.69) is 44.6 Å². The van der Waals surface area contributed by atoms with Crippen molar-refractivity contribution in [2.45, 2.75) is 51.3 Å². The Bertz CT molecular complexity index is 1180. The largest absolute Gasteiger partial charge is 0.481 e. The molecule has 0 saturated carbocycles. The van der Waals surface area contributed by atoms with Crippen LogP contribution in [0, 0.1) is 0 Å². The third-order valence-corrected chi connectivity index (χ3v) is 6.72. The number of carbonyl (C=O) groups excluding carboxylic acids is 1. The summed E-state index contributed by atoms with van der Waals surface area (Å²) in [6.07, 6.45) is 11.8. The molecule has 0 aliphatic carbocycles. The molecule has 3 aromatic heterocycles. The number of methoxy groups -OCH3 is 1. The van der Waals surface area contributed by atoms with Crippen molar-refractivity contribution in [3.8, 4) is 5.88 Å². The van der Waals surface area contributed by atoms with Crippen molar-refractivity contribution in [2.24, 2.45) is 0 Å². The van der Waals surface area contributed by atoms with Crippen LogP contribution in [0.1, 0.15) is 50.8 Å². The summed E-state index contributed by atoms with van der Waals surface area (Å²) in [6, 6.07) is 11.8. The molecule has 0 bridgehead atoms. The highest BCUT2D eigenvalue weighted by Gasteiger charge is 2.30. The standard InChI is InChI=1S/C26H28N4O3S.C2H6/c1-3-33-24(31)15-22(19-11-13-23(32-2)28-16-19)26-29-17-21(34-26)9-5-4-8-20-12-10-18-7-6-14-27-25(18)30-20;1-2/h5-7,9-14,16-17,22,26,29H,3-4,8,15H2,1-2H3;1-2H3/b9-5+;. The number of nitrogens with zero attached hydrogens (tertiary/aromatic N) is 3. The summed E-state index contributed by atoms with van der Waals surface area (Å²) in [4.78, 5) is 26.7. The van der Waals surface area contributed by atoms with Crippen LogP contribution in [0.15, 0.2) is 72.0 Å². The van der Waals surface area contributed by atoms with Gasteiger partial charge in [-0.1, -0.05) is 43.8 Å². The summed E-state index contributed by atoms with van der Waals surface area (Å²) in [5, 5.41) is 4.48. The number of thioether (sulfide) groups is 1. The maximum Gasteiger partial charge on any atom is 0.306 e. The van der Waals surface area contributed by atoms with Gasteiger partial charge >= 0.3 is 5.97 Å². The molecule has 190 valence electrons. The third kappa shape index (κ3) is 7.55. The smallest absolute Gasteiger partial charge is 0.306 e. The Kier molecular flexibility index (Phi) is 10.8. The van der Waals surface area contributed by atoms with Crippen LogP contribution in [0.2, 0.25) is 0 Å². The molecule has 1 aliphatic rings. The van der Waals surface area contributed by atoms with Crippen LogP contribution in [0.5, 0.6) is 5.88 Å². The van der Waals surface area contributed by atoms with Crippen molar-refractivity contribution < 1.29 is 14.3 Å². The van der Waals surface area contributed by atoms with E-state index in [-0.39, 0.29) is 23.7 Å². The summed E-state index contributed by atoms with van der Waals surface area (Å²) in [5.41, 5.74) is 2.78. The fourth-order valence-corrected chi connectivity index (χ4v) is 4.92. The Morgan fingerprint density at radius 1 is 1.19 bits per heavy atom. The number of fused-ring (bicyclic) bond motifs is 1. The molecule has 0 radical (unpaired) electrons. The molecule has 3 aromatic rings. The number of rotatable bonds is 10. The lowest BCUT2D eigenvalue weighted by Crippen LogP contribution is -2.27. The number of aromatic nitrogens is 3. The van der Waals surface area contributed by atoms with Crippen LogP contribution in [-0.4, -0.2) is 40.0 Å². The van der Waals surface area contributed by atoms with E-state index in [1.807, 2.05) is 51.2 Å². The molecule has 36 heavy (non-hydrogen) atoms. The minimum Gasteiger partial charge on any atom is -0.481 e. The van der Waals surface area contributed by atoms with Crippen molar-refractivity contribution in [1.82, 2.24) is 20.3 Å². The van der Waals surface area contributed by atoms with Gasteiger partial charge in [-0.15, -0.1) is 0 Å². The van der Waals surface area contributed by atoms with Gasteiger partial charge in [-0.25, -0.2) is 15.0 Å². The SMILES string of the molecule is CC.CCOC(=O)CC(c1ccc(OC)nc1)C1NC=C(/C=C/CCc2ccc3cccnc3n2)S1. The molecule has 0 spiro atoms. The number of ether oxygens (including phenoxy) is 2. The van der Waals surface area contributed by atoms with E-state index in [0.29, 0.717) is 12.5 Å². The monoisotopic (exact) mass is 506 g/mol. The van der Waals surface area contributed by atoms with Crippen molar-refractivity contribution in [3.63, 3.8) is 0 Å². The fraction of sp³-hybridized carbons (Fsp3) is 0.357. The van der Waals surface area contributed by atoms with E-state index in [4.69, 9.17) is 9.47 Å². The average molecular weight is 507 g/mol. The van der Waals surface area contributed by atoms with Crippen LogP contribution in [0.25, 0.3) is 11.0 Å². The zero-order valence-electron chi connectivity index (χ0n) is 21.3. The van der Waals surface area contributed by atoms with Gasteiger partial charge in [0.05, 0.1) is 25.5 Å². The molecule has 2 unspecified atom stereocenters. The predicted molar refractivity (Wildman–Crippen MR) is 146 cm³/mol. The van der Waals surface area contributed by atoms with Gasteiger partial charge in [0.25, 0.3) is 0 Å². The first-order valence-corrected chi connectivity index (χ1v) is 13.2. The van der Waals surface area contributed by atoms with Crippen molar-refractivity contribution in [2.75, 3.05) is 13.7 Å². The molecule has 8 heteroatoms. The molecule has 1 N–H and O–H groups in total. The van der Waals surface area contributed by atoms with Crippen molar-refractivity contribution >= 4 is 28.8 Å². The van der Waals surface area contributed by atoms with Crippen LogP contribution < -0.4 is 10.1 Å². The van der Waals surface area contributed by atoms with Crippen molar-refractivity contribution in [1.29, 1.82) is 0 Å². The fourth-order valence-electron chi connectivity index (χ4n) is 3.76. The molecule has 0 aromatic carbocycles. The van der Waals surface area contributed by atoms with Crippen LogP contribution in [-0.2, 0) is 16.0 Å². The molecule has 0 saturated heterocycles. The van der Waals surface area contributed by atoms with Crippen LogP contribution in [0.4, 0.5) is 0 Å². The number of pyridine rings is 3. The van der Waals surface area contributed by atoms with Gasteiger partial charge in [-0.05, 0) is 49.6 Å². The van der Waals surface area contributed by atoms with Gasteiger partial charge in [0.1, 0.15) is 0 Å². The number of allylic oxidation sites excluding steroid dienone is 2. The van der Waals surface area contributed by atoms with E-state index in [0.717, 1.165) is 40.0 Å². The Hall–Kier alpha value is -3.39. The quantitative estimate of drug-likeness (QED) is 0.346. The molecule has 7 nitrogen and oxygen atoms in total. The molecule has 0 fully saturated rings. The molecular weight excluding hydrogens is 472 g/mol. The van der Waals surface area contributed by atoms with E-state index < -0.39 is 0 Å². The van der Waals surface area contributed by atoms with E-state index >= 15 is 0 Å². The maximum atomic E-state index is 12.3. The molecule has 0 amide bonds. The molecule has 4 rings (SSSR count). The number of nitrogens with one attached hydrogen (secondary N) is 1. The Balaban J connectivity index is 0.00000176. The average Bonchev–Trinajstić information content (AvgIpc) is 3.40. The predicted octanol–water partition coefficient (Wildman–Crippen LogP) is 5.79. The zero-order chi connectivity index (χ0) is 25.8. The van der Waals surface area contributed by atoms with E-state index in [9.17, 15) is 4.79 Å². The van der Waals surface area contributed by atoms with Gasteiger partial charge in [-0.3, -0.25) is 4.79 Å². The highest BCUT2D eigenvalue weighted by molar-refractivity contribution is 8.04. The second-order valence-corrected chi connectivity index (χ2v) is 9.01.